The number of hydrogen-bond acceptors (Lipinski definition) is 3. The number of aromatic hydroxyl groups is 1. The van der Waals surface area contributed by atoms with Crippen LogP contribution in [0.5, 0.6) is 5.75 Å². The molecule has 0 aromatic carbocycles. The van der Waals surface area contributed by atoms with E-state index in [1.165, 1.54) is 6.92 Å². The molecular weight excluding hydrogens is 196 g/mol. The Kier molecular flexibility index (Phi) is 2.29. The predicted molar refractivity (Wildman–Crippen MR) is 47.0 cm³/mol. The molecule has 4 N–H and O–H groups in total. The van der Waals surface area contributed by atoms with Crippen LogP contribution in [0.1, 0.15) is 16.1 Å². The van der Waals surface area contributed by atoms with Crippen LogP contribution in [0.2, 0.25) is 5.02 Å². The highest BCUT2D eigenvalue weighted by atomic mass is 35.5. The van der Waals surface area contributed by atoms with Gasteiger partial charge < -0.3 is 15.8 Å². The van der Waals surface area contributed by atoms with Crippen molar-refractivity contribution in [2.45, 2.75) is 6.92 Å². The minimum atomic E-state index is -1.01. The van der Waals surface area contributed by atoms with Crippen LogP contribution in [0, 0.1) is 6.92 Å². The molecule has 5 nitrogen and oxygen atoms in total. The van der Waals surface area contributed by atoms with Gasteiger partial charge in [-0.1, -0.05) is 11.6 Å². The number of aromatic amines is 1. The lowest BCUT2D eigenvalue weighted by Crippen LogP contribution is -2.24. The second-order valence-electron chi connectivity index (χ2n) is 2.48. The molecule has 0 aliphatic carbocycles. The lowest BCUT2D eigenvalue weighted by molar-refractivity contribution is 0.0996. The summed E-state index contributed by atoms with van der Waals surface area (Å²) in [6, 6.07) is 0. The first-order valence-corrected chi connectivity index (χ1v) is 3.74. The second kappa shape index (κ2) is 3.10. The molecule has 0 unspecified atom stereocenters. The van der Waals surface area contributed by atoms with E-state index >= 15 is 0 Å². The number of rotatable bonds is 1. The zero-order chi connectivity index (χ0) is 10.2. The second-order valence-corrected chi connectivity index (χ2v) is 2.86. The highest BCUT2D eigenvalue weighted by molar-refractivity contribution is 6.33. The minimum absolute atomic E-state index is 0.0756. The van der Waals surface area contributed by atoms with Gasteiger partial charge in [0.2, 0.25) is 0 Å². The van der Waals surface area contributed by atoms with Crippen LogP contribution in [0.3, 0.4) is 0 Å². The molecule has 1 amide bonds. The summed E-state index contributed by atoms with van der Waals surface area (Å²) in [6.07, 6.45) is 0. The van der Waals surface area contributed by atoms with Gasteiger partial charge in [-0.05, 0) is 6.92 Å². The molecule has 0 fully saturated rings. The van der Waals surface area contributed by atoms with E-state index in [9.17, 15) is 14.7 Å². The number of aryl methyl sites for hydroxylation is 1. The molecule has 0 saturated heterocycles. The molecule has 0 bridgehead atoms. The van der Waals surface area contributed by atoms with Crippen LogP contribution < -0.4 is 11.3 Å². The van der Waals surface area contributed by atoms with Crippen LogP contribution in [0.4, 0.5) is 0 Å². The number of nitrogens with two attached hydrogens (primary N) is 1. The minimum Gasteiger partial charge on any atom is -0.505 e. The number of hydrogen-bond donors (Lipinski definition) is 3. The maximum absolute atomic E-state index is 11.1. The Morgan fingerprint density at radius 2 is 2.15 bits per heavy atom. The monoisotopic (exact) mass is 202 g/mol. The quantitative estimate of drug-likeness (QED) is 0.604. The molecule has 1 heterocycles. The largest absolute Gasteiger partial charge is 0.505 e. The van der Waals surface area contributed by atoms with Crippen molar-refractivity contribution >= 4 is 17.5 Å². The number of primary amides is 1. The third-order valence-corrected chi connectivity index (χ3v) is 2.01. The molecular formula is C7H7ClN2O3. The van der Waals surface area contributed by atoms with Crippen molar-refractivity contribution in [1.29, 1.82) is 0 Å². The first-order chi connectivity index (χ1) is 5.95. The van der Waals surface area contributed by atoms with E-state index in [2.05, 4.69) is 4.98 Å². The van der Waals surface area contributed by atoms with E-state index in [-0.39, 0.29) is 10.7 Å². The van der Waals surface area contributed by atoms with Gasteiger partial charge in [0.05, 0.1) is 0 Å². The van der Waals surface area contributed by atoms with Crippen molar-refractivity contribution < 1.29 is 9.90 Å². The van der Waals surface area contributed by atoms with E-state index in [1.807, 2.05) is 0 Å². The Balaban J connectivity index is 3.63. The molecule has 0 radical (unpaired) electrons. The highest BCUT2D eigenvalue weighted by Gasteiger charge is 2.17. The Bertz CT molecular complexity index is 424. The molecule has 0 saturated carbocycles. The SMILES string of the molecule is Cc1[nH]c(=O)c(C(N)=O)c(O)c1Cl. The van der Waals surface area contributed by atoms with Crippen molar-refractivity contribution in [3.8, 4) is 5.75 Å². The van der Waals surface area contributed by atoms with Gasteiger partial charge in [-0.3, -0.25) is 9.59 Å². The summed E-state index contributed by atoms with van der Waals surface area (Å²) in [7, 11) is 0. The standard InChI is InChI=1S/C7H7ClN2O3/c1-2-4(8)5(11)3(6(9)12)7(13)10-2/h1H3,(H2,9,12)(H2,10,11,13). The first-order valence-electron chi connectivity index (χ1n) is 3.36. The van der Waals surface area contributed by atoms with Crippen LogP contribution >= 0.6 is 11.6 Å². The number of halogens is 1. The van der Waals surface area contributed by atoms with Crippen LogP contribution in [-0.2, 0) is 0 Å². The average molecular weight is 203 g/mol. The normalized spacial score (nSPS) is 10.0. The number of carbonyl (C=O) groups excluding carboxylic acids is 1. The van der Waals surface area contributed by atoms with E-state index in [1.54, 1.807) is 0 Å². The fourth-order valence-corrected chi connectivity index (χ4v) is 1.05. The van der Waals surface area contributed by atoms with E-state index in [4.69, 9.17) is 17.3 Å². The van der Waals surface area contributed by atoms with E-state index < -0.39 is 22.8 Å². The van der Waals surface area contributed by atoms with Gasteiger partial charge in [0.1, 0.15) is 10.6 Å². The maximum atomic E-state index is 11.1. The van der Waals surface area contributed by atoms with Gasteiger partial charge in [0.15, 0.2) is 5.75 Å². The summed E-state index contributed by atoms with van der Waals surface area (Å²) < 4.78 is 0. The van der Waals surface area contributed by atoms with Crippen LogP contribution in [-0.4, -0.2) is 16.0 Å². The lowest BCUT2D eigenvalue weighted by atomic mass is 10.2. The molecule has 0 aliphatic rings. The number of aromatic nitrogens is 1. The van der Waals surface area contributed by atoms with Gasteiger partial charge in [-0.2, -0.15) is 0 Å². The third kappa shape index (κ3) is 1.50. The molecule has 70 valence electrons. The molecule has 1 aromatic rings. The number of amides is 1. The van der Waals surface area contributed by atoms with Gasteiger partial charge >= 0.3 is 0 Å². The zero-order valence-electron chi connectivity index (χ0n) is 6.72. The van der Waals surface area contributed by atoms with Gasteiger partial charge in [-0.25, -0.2) is 0 Å². The van der Waals surface area contributed by atoms with E-state index in [0.717, 1.165) is 0 Å². The summed E-state index contributed by atoms with van der Waals surface area (Å²) in [5.41, 5.74) is 3.88. The zero-order valence-corrected chi connectivity index (χ0v) is 7.47. The van der Waals surface area contributed by atoms with Crippen molar-refractivity contribution in [3.63, 3.8) is 0 Å². The van der Waals surface area contributed by atoms with Crippen LogP contribution in [0.25, 0.3) is 0 Å². The smallest absolute Gasteiger partial charge is 0.264 e. The van der Waals surface area contributed by atoms with Crippen molar-refractivity contribution in [2.75, 3.05) is 0 Å². The Hall–Kier alpha value is -1.49. The van der Waals surface area contributed by atoms with Gasteiger partial charge in [0.25, 0.3) is 11.5 Å². The fourth-order valence-electron chi connectivity index (χ4n) is 0.911. The molecule has 1 aromatic heterocycles. The maximum Gasteiger partial charge on any atom is 0.264 e. The number of nitrogens with one attached hydrogen (secondary N) is 1. The molecule has 0 atom stereocenters. The third-order valence-electron chi connectivity index (χ3n) is 1.55. The molecule has 1 rings (SSSR count). The topological polar surface area (TPSA) is 96.2 Å². The van der Waals surface area contributed by atoms with Crippen LogP contribution in [0.15, 0.2) is 4.79 Å². The highest BCUT2D eigenvalue weighted by Crippen LogP contribution is 2.26. The lowest BCUT2D eigenvalue weighted by Gasteiger charge is -2.03. The Morgan fingerprint density at radius 3 is 2.62 bits per heavy atom. The number of H-pyrrole nitrogens is 1. The molecule has 6 heteroatoms. The van der Waals surface area contributed by atoms with Crippen molar-refractivity contribution in [1.82, 2.24) is 4.98 Å². The molecule has 0 aliphatic heterocycles. The number of carbonyl (C=O) groups is 1. The Morgan fingerprint density at radius 1 is 1.62 bits per heavy atom. The number of pyridine rings is 1. The van der Waals surface area contributed by atoms with E-state index in [0.29, 0.717) is 0 Å². The summed E-state index contributed by atoms with van der Waals surface area (Å²) in [6.45, 7) is 1.49. The molecule has 13 heavy (non-hydrogen) atoms. The average Bonchev–Trinajstić information content (AvgIpc) is 1.99. The summed E-state index contributed by atoms with van der Waals surface area (Å²) in [5.74, 6) is -1.59. The van der Waals surface area contributed by atoms with Gasteiger partial charge in [0, 0.05) is 5.69 Å². The first kappa shape index (κ1) is 9.60. The summed E-state index contributed by atoms with van der Waals surface area (Å²) in [5, 5.41) is 9.20. The van der Waals surface area contributed by atoms with Crippen molar-refractivity contribution in [2.24, 2.45) is 5.73 Å². The Labute approximate surface area is 78.1 Å². The van der Waals surface area contributed by atoms with Gasteiger partial charge in [-0.15, -0.1) is 0 Å². The molecule has 0 spiro atoms. The predicted octanol–water partition coefficient (Wildman–Crippen LogP) is 0.141. The fraction of sp³-hybridized carbons (Fsp3) is 0.143. The van der Waals surface area contributed by atoms with Crippen molar-refractivity contribution in [3.05, 3.63) is 26.6 Å². The summed E-state index contributed by atoms with van der Waals surface area (Å²) in [4.78, 5) is 24.1. The summed E-state index contributed by atoms with van der Waals surface area (Å²) >= 11 is 5.57.